The van der Waals surface area contributed by atoms with Gasteiger partial charge in [-0.1, -0.05) is 0 Å². The highest BCUT2D eigenvalue weighted by Gasteiger charge is 2.19. The predicted molar refractivity (Wildman–Crippen MR) is 54.6 cm³/mol. The van der Waals surface area contributed by atoms with E-state index < -0.39 is 5.54 Å². The zero-order valence-electron chi connectivity index (χ0n) is 7.62. The summed E-state index contributed by atoms with van der Waals surface area (Å²) in [6.07, 6.45) is 2.98. The lowest BCUT2D eigenvalue weighted by Crippen LogP contribution is -2.42. The molecule has 1 aromatic heterocycles. The fourth-order valence-corrected chi connectivity index (χ4v) is 1.23. The molecule has 1 heterocycles. The number of hydrogen-bond acceptors (Lipinski definition) is 3. The van der Waals surface area contributed by atoms with Crippen LogP contribution in [0.25, 0.3) is 0 Å². The van der Waals surface area contributed by atoms with Gasteiger partial charge in [-0.2, -0.15) is 0 Å². The second kappa shape index (κ2) is 3.59. The van der Waals surface area contributed by atoms with Crippen molar-refractivity contribution in [3.8, 4) is 0 Å². The molecule has 0 aliphatic rings. The quantitative estimate of drug-likeness (QED) is 0.835. The van der Waals surface area contributed by atoms with E-state index in [0.29, 0.717) is 11.0 Å². The third-order valence-electron chi connectivity index (χ3n) is 1.94. The van der Waals surface area contributed by atoms with Gasteiger partial charge in [0.15, 0.2) is 0 Å². The summed E-state index contributed by atoms with van der Waals surface area (Å²) in [5.41, 5.74) is 5.05. The molecule has 0 atom stereocenters. The molecule has 1 aromatic rings. The summed E-state index contributed by atoms with van der Waals surface area (Å²) < 4.78 is 1.98. The Kier molecular flexibility index (Phi) is 2.87. The van der Waals surface area contributed by atoms with E-state index in [9.17, 15) is 4.79 Å². The molecule has 13 heavy (non-hydrogen) atoms. The first-order valence-electron chi connectivity index (χ1n) is 3.92. The van der Waals surface area contributed by atoms with E-state index in [4.69, 9.17) is 5.73 Å². The molecule has 0 saturated heterocycles. The molecule has 2 N–H and O–H groups in total. The number of hydrogen-bond donors (Lipinski definition) is 1. The normalized spacial score (nSPS) is 11.7. The summed E-state index contributed by atoms with van der Waals surface area (Å²) >= 11 is 3.13. The van der Waals surface area contributed by atoms with E-state index in [1.807, 2.05) is 13.8 Å². The Morgan fingerprint density at radius 2 is 2.31 bits per heavy atom. The van der Waals surface area contributed by atoms with E-state index in [1.54, 1.807) is 0 Å². The van der Waals surface area contributed by atoms with Crippen molar-refractivity contribution in [2.24, 2.45) is 5.73 Å². The Hall–Kier alpha value is -0.680. The van der Waals surface area contributed by atoms with Crippen molar-refractivity contribution in [3.05, 3.63) is 27.4 Å². The maximum absolute atomic E-state index is 11.6. The number of nitrogens with zero attached hydrogens (tertiary/aromatic N) is 2. The summed E-state index contributed by atoms with van der Waals surface area (Å²) in [5, 5.41) is 0. The molecule has 0 saturated carbocycles. The molecule has 4 nitrogen and oxygen atoms in total. The summed E-state index contributed by atoms with van der Waals surface area (Å²) in [5.74, 6) is 0. The van der Waals surface area contributed by atoms with E-state index in [1.165, 1.54) is 17.1 Å². The highest BCUT2D eigenvalue weighted by molar-refractivity contribution is 9.10. The van der Waals surface area contributed by atoms with E-state index >= 15 is 0 Å². The first kappa shape index (κ1) is 10.4. The maximum Gasteiger partial charge on any atom is 0.268 e. The lowest BCUT2D eigenvalue weighted by molar-refractivity contribution is 0.350. The van der Waals surface area contributed by atoms with Crippen molar-refractivity contribution in [2.75, 3.05) is 6.54 Å². The zero-order valence-corrected chi connectivity index (χ0v) is 9.21. The topological polar surface area (TPSA) is 60.9 Å². The second-order valence-electron chi connectivity index (χ2n) is 3.43. The Morgan fingerprint density at radius 1 is 1.69 bits per heavy atom. The third kappa shape index (κ3) is 1.97. The van der Waals surface area contributed by atoms with Gasteiger partial charge >= 0.3 is 0 Å². The average Bonchev–Trinajstić information content (AvgIpc) is 2.09. The summed E-state index contributed by atoms with van der Waals surface area (Å²) in [4.78, 5) is 15.5. The smallest absolute Gasteiger partial charge is 0.268 e. The Bertz CT molecular complexity index is 359. The molecule has 0 unspecified atom stereocenters. The van der Waals surface area contributed by atoms with E-state index in [2.05, 4.69) is 20.9 Å². The van der Waals surface area contributed by atoms with Gasteiger partial charge in [0.25, 0.3) is 5.56 Å². The molecule has 0 aliphatic carbocycles. The van der Waals surface area contributed by atoms with Crippen LogP contribution in [0.15, 0.2) is 21.8 Å². The Morgan fingerprint density at radius 3 is 2.85 bits per heavy atom. The van der Waals surface area contributed by atoms with Crippen molar-refractivity contribution in [2.45, 2.75) is 19.4 Å². The molecular weight excluding hydrogens is 234 g/mol. The van der Waals surface area contributed by atoms with Gasteiger partial charge in [0, 0.05) is 12.7 Å². The van der Waals surface area contributed by atoms with Crippen LogP contribution in [-0.4, -0.2) is 16.1 Å². The molecule has 0 aromatic carbocycles. The number of halogens is 1. The fourth-order valence-electron chi connectivity index (χ4n) is 0.918. The van der Waals surface area contributed by atoms with Crippen LogP contribution in [-0.2, 0) is 5.54 Å². The van der Waals surface area contributed by atoms with Gasteiger partial charge in [-0.3, -0.25) is 9.36 Å². The minimum Gasteiger partial charge on any atom is -0.328 e. The van der Waals surface area contributed by atoms with Gasteiger partial charge in [0.1, 0.15) is 4.47 Å². The first-order valence-corrected chi connectivity index (χ1v) is 4.71. The first-order chi connectivity index (χ1) is 5.99. The van der Waals surface area contributed by atoms with Crippen molar-refractivity contribution < 1.29 is 0 Å². The minimum atomic E-state index is -0.395. The van der Waals surface area contributed by atoms with Crippen LogP contribution in [0.4, 0.5) is 0 Å². The molecule has 0 radical (unpaired) electrons. The van der Waals surface area contributed by atoms with Crippen LogP contribution < -0.4 is 11.3 Å². The lowest BCUT2D eigenvalue weighted by atomic mass is 10.1. The molecule has 0 aliphatic heterocycles. The van der Waals surface area contributed by atoms with Gasteiger partial charge in [-0.15, -0.1) is 0 Å². The summed E-state index contributed by atoms with van der Waals surface area (Å²) in [7, 11) is 0. The molecule has 5 heteroatoms. The zero-order chi connectivity index (χ0) is 10.1. The molecular formula is C8H12BrN3O. The minimum absolute atomic E-state index is 0.106. The monoisotopic (exact) mass is 245 g/mol. The fraction of sp³-hybridized carbons (Fsp3) is 0.500. The van der Waals surface area contributed by atoms with Gasteiger partial charge < -0.3 is 5.73 Å². The number of nitrogens with two attached hydrogens (primary N) is 1. The van der Waals surface area contributed by atoms with Gasteiger partial charge in [0.2, 0.25) is 0 Å². The third-order valence-corrected chi connectivity index (χ3v) is 2.49. The van der Waals surface area contributed by atoms with Crippen LogP contribution in [0.3, 0.4) is 0 Å². The van der Waals surface area contributed by atoms with Crippen LogP contribution in [0.2, 0.25) is 0 Å². The molecule has 0 spiro atoms. The highest BCUT2D eigenvalue weighted by atomic mass is 79.9. The Labute approximate surface area is 84.9 Å². The standard InChI is InChI=1S/C8H12BrN3O/c1-8(2,4-10)12-5-11-3-6(9)7(12)13/h3,5H,4,10H2,1-2H3. The van der Waals surface area contributed by atoms with Crippen molar-refractivity contribution in [1.29, 1.82) is 0 Å². The lowest BCUT2D eigenvalue weighted by Gasteiger charge is -2.24. The van der Waals surface area contributed by atoms with Crippen molar-refractivity contribution >= 4 is 15.9 Å². The van der Waals surface area contributed by atoms with Gasteiger partial charge in [-0.05, 0) is 29.8 Å². The largest absolute Gasteiger partial charge is 0.328 e. The molecule has 0 bridgehead atoms. The van der Waals surface area contributed by atoms with Gasteiger partial charge in [0.05, 0.1) is 11.9 Å². The van der Waals surface area contributed by atoms with Crippen LogP contribution >= 0.6 is 15.9 Å². The van der Waals surface area contributed by atoms with Crippen molar-refractivity contribution in [1.82, 2.24) is 9.55 Å². The van der Waals surface area contributed by atoms with Gasteiger partial charge in [-0.25, -0.2) is 4.98 Å². The van der Waals surface area contributed by atoms with E-state index in [0.717, 1.165) is 0 Å². The van der Waals surface area contributed by atoms with Crippen molar-refractivity contribution in [3.63, 3.8) is 0 Å². The van der Waals surface area contributed by atoms with Crippen LogP contribution in [0.1, 0.15) is 13.8 Å². The molecule has 72 valence electrons. The summed E-state index contributed by atoms with van der Waals surface area (Å²) in [6, 6.07) is 0. The molecule has 0 fully saturated rings. The number of aromatic nitrogens is 2. The average molecular weight is 246 g/mol. The molecule has 0 amide bonds. The Balaban J connectivity index is 3.31. The number of rotatable bonds is 2. The summed E-state index contributed by atoms with van der Waals surface area (Å²) in [6.45, 7) is 4.18. The maximum atomic E-state index is 11.6. The van der Waals surface area contributed by atoms with Crippen LogP contribution in [0, 0.1) is 0 Å². The second-order valence-corrected chi connectivity index (χ2v) is 4.29. The van der Waals surface area contributed by atoms with E-state index in [-0.39, 0.29) is 5.56 Å². The highest BCUT2D eigenvalue weighted by Crippen LogP contribution is 2.10. The SMILES string of the molecule is CC(C)(CN)n1cncc(Br)c1=O. The predicted octanol–water partition coefficient (Wildman–Crippen LogP) is 0.700. The van der Waals surface area contributed by atoms with Crippen LogP contribution in [0.5, 0.6) is 0 Å². The molecule has 1 rings (SSSR count).